The van der Waals surface area contributed by atoms with Gasteiger partial charge in [-0.05, 0) is 12.1 Å². The smallest absolute Gasteiger partial charge is 0.258 e. The van der Waals surface area contributed by atoms with E-state index in [1.54, 1.807) is 12.1 Å². The van der Waals surface area contributed by atoms with Crippen LogP contribution in [0.3, 0.4) is 0 Å². The van der Waals surface area contributed by atoms with Gasteiger partial charge in [0.15, 0.2) is 11.5 Å². The number of benzene rings is 2. The second kappa shape index (κ2) is 5.77. The van der Waals surface area contributed by atoms with Crippen LogP contribution >= 0.6 is 0 Å². The number of ether oxygens (including phenoxy) is 2. The molecule has 3 aromatic rings. The molecule has 3 rings (SSSR count). The minimum absolute atomic E-state index is 0.0726. The van der Waals surface area contributed by atoms with Crippen molar-refractivity contribution in [3.8, 4) is 40.1 Å². The van der Waals surface area contributed by atoms with Crippen LogP contribution in [0.15, 0.2) is 47.0 Å². The molecular formula is C16H14N2O4. The molecule has 0 saturated heterocycles. The standard InChI is InChI=1S/C16H14N2O4/c1-20-12-8-11(9-13(21-2)14(12)19)16-17-15(18-22-16)10-6-4-3-5-7-10/h3-9,19H,1-2H3. The summed E-state index contributed by atoms with van der Waals surface area (Å²) in [6, 6.07) is 12.7. The van der Waals surface area contributed by atoms with Crippen LogP contribution < -0.4 is 9.47 Å². The first kappa shape index (κ1) is 13.9. The van der Waals surface area contributed by atoms with Crippen LogP contribution in [-0.2, 0) is 0 Å². The van der Waals surface area contributed by atoms with Crippen molar-refractivity contribution in [2.24, 2.45) is 0 Å². The number of phenolic OH excluding ortho intramolecular Hbond substituents is 1. The highest BCUT2D eigenvalue weighted by Gasteiger charge is 2.16. The summed E-state index contributed by atoms with van der Waals surface area (Å²) in [4.78, 5) is 4.36. The highest BCUT2D eigenvalue weighted by molar-refractivity contribution is 5.66. The highest BCUT2D eigenvalue weighted by atomic mass is 16.5. The summed E-state index contributed by atoms with van der Waals surface area (Å²) in [5.74, 6) is 1.27. The summed E-state index contributed by atoms with van der Waals surface area (Å²) in [7, 11) is 2.92. The van der Waals surface area contributed by atoms with E-state index < -0.39 is 0 Å². The lowest BCUT2D eigenvalue weighted by atomic mass is 10.1. The van der Waals surface area contributed by atoms with E-state index in [0.29, 0.717) is 17.3 Å². The van der Waals surface area contributed by atoms with Crippen LogP contribution in [0, 0.1) is 0 Å². The lowest BCUT2D eigenvalue weighted by molar-refractivity contribution is 0.339. The second-order valence-electron chi connectivity index (χ2n) is 4.52. The first-order chi connectivity index (χ1) is 10.7. The zero-order valence-electron chi connectivity index (χ0n) is 12.1. The molecule has 2 aromatic carbocycles. The zero-order valence-corrected chi connectivity index (χ0v) is 12.1. The third-order valence-electron chi connectivity index (χ3n) is 3.18. The molecular weight excluding hydrogens is 284 g/mol. The molecule has 0 aliphatic rings. The molecule has 0 spiro atoms. The van der Waals surface area contributed by atoms with E-state index in [2.05, 4.69) is 10.1 Å². The lowest BCUT2D eigenvalue weighted by Gasteiger charge is -2.09. The molecule has 1 N–H and O–H groups in total. The molecule has 0 aliphatic heterocycles. The monoisotopic (exact) mass is 298 g/mol. The Bertz CT molecular complexity index is 759. The summed E-state index contributed by atoms with van der Waals surface area (Å²) in [6.07, 6.45) is 0. The van der Waals surface area contributed by atoms with Gasteiger partial charge in [-0.15, -0.1) is 0 Å². The Labute approximate surface area is 126 Å². The van der Waals surface area contributed by atoms with Gasteiger partial charge < -0.3 is 19.1 Å². The Morgan fingerprint density at radius 3 is 2.18 bits per heavy atom. The Kier molecular flexibility index (Phi) is 3.65. The fourth-order valence-electron chi connectivity index (χ4n) is 2.06. The topological polar surface area (TPSA) is 77.6 Å². The van der Waals surface area contributed by atoms with Crippen molar-refractivity contribution >= 4 is 0 Å². The Morgan fingerprint density at radius 2 is 1.59 bits per heavy atom. The van der Waals surface area contributed by atoms with E-state index in [1.807, 2.05) is 30.3 Å². The van der Waals surface area contributed by atoms with Crippen LogP contribution in [0.1, 0.15) is 0 Å². The molecule has 0 atom stereocenters. The molecule has 6 heteroatoms. The van der Waals surface area contributed by atoms with E-state index in [0.717, 1.165) is 5.56 Å². The van der Waals surface area contributed by atoms with Gasteiger partial charge in [-0.2, -0.15) is 4.98 Å². The molecule has 0 radical (unpaired) electrons. The minimum Gasteiger partial charge on any atom is -0.502 e. The number of hydrogen-bond acceptors (Lipinski definition) is 6. The van der Waals surface area contributed by atoms with Crippen LogP contribution in [0.25, 0.3) is 22.8 Å². The van der Waals surface area contributed by atoms with Gasteiger partial charge in [0.2, 0.25) is 11.6 Å². The van der Waals surface area contributed by atoms with Crippen molar-refractivity contribution in [3.63, 3.8) is 0 Å². The van der Waals surface area contributed by atoms with Crippen LogP contribution in [0.4, 0.5) is 0 Å². The molecule has 1 heterocycles. The largest absolute Gasteiger partial charge is 0.502 e. The first-order valence-electron chi connectivity index (χ1n) is 6.57. The van der Waals surface area contributed by atoms with Gasteiger partial charge in [0, 0.05) is 11.1 Å². The fraction of sp³-hybridized carbons (Fsp3) is 0.125. The van der Waals surface area contributed by atoms with Crippen LogP contribution in [-0.4, -0.2) is 29.5 Å². The summed E-state index contributed by atoms with van der Waals surface area (Å²) in [6.45, 7) is 0. The molecule has 22 heavy (non-hydrogen) atoms. The number of hydrogen-bond donors (Lipinski definition) is 1. The van der Waals surface area contributed by atoms with Crippen molar-refractivity contribution in [2.75, 3.05) is 14.2 Å². The number of nitrogens with zero attached hydrogens (tertiary/aromatic N) is 2. The SMILES string of the molecule is COc1cc(-c2nc(-c3ccccc3)no2)cc(OC)c1O. The second-order valence-corrected chi connectivity index (χ2v) is 4.52. The number of methoxy groups -OCH3 is 2. The molecule has 0 unspecified atom stereocenters. The molecule has 112 valence electrons. The van der Waals surface area contributed by atoms with Crippen molar-refractivity contribution < 1.29 is 19.1 Å². The van der Waals surface area contributed by atoms with Crippen LogP contribution in [0.5, 0.6) is 17.2 Å². The molecule has 6 nitrogen and oxygen atoms in total. The van der Waals surface area contributed by atoms with E-state index in [9.17, 15) is 5.11 Å². The fourth-order valence-corrected chi connectivity index (χ4v) is 2.06. The average molecular weight is 298 g/mol. The number of rotatable bonds is 4. The molecule has 0 fully saturated rings. The molecule has 0 bridgehead atoms. The van der Waals surface area contributed by atoms with Crippen LogP contribution in [0.2, 0.25) is 0 Å². The van der Waals surface area contributed by atoms with E-state index in [-0.39, 0.29) is 17.2 Å². The zero-order chi connectivity index (χ0) is 15.5. The molecule has 0 aliphatic carbocycles. The van der Waals surface area contributed by atoms with E-state index in [4.69, 9.17) is 14.0 Å². The van der Waals surface area contributed by atoms with Gasteiger partial charge in [0.05, 0.1) is 14.2 Å². The Morgan fingerprint density at radius 1 is 0.955 bits per heavy atom. The maximum atomic E-state index is 9.93. The minimum atomic E-state index is -0.0726. The summed E-state index contributed by atoms with van der Waals surface area (Å²) in [5.41, 5.74) is 1.45. The predicted molar refractivity (Wildman–Crippen MR) is 79.9 cm³/mol. The van der Waals surface area contributed by atoms with E-state index in [1.165, 1.54) is 14.2 Å². The lowest BCUT2D eigenvalue weighted by Crippen LogP contribution is -1.90. The first-order valence-corrected chi connectivity index (χ1v) is 6.57. The maximum absolute atomic E-state index is 9.93. The number of phenols is 1. The maximum Gasteiger partial charge on any atom is 0.258 e. The Hall–Kier alpha value is -3.02. The van der Waals surface area contributed by atoms with Crippen molar-refractivity contribution in [1.82, 2.24) is 10.1 Å². The molecule has 0 amide bonds. The third-order valence-corrected chi connectivity index (χ3v) is 3.18. The van der Waals surface area contributed by atoms with E-state index >= 15 is 0 Å². The number of aromatic nitrogens is 2. The summed E-state index contributed by atoms with van der Waals surface area (Å²) in [5, 5.41) is 13.9. The highest BCUT2D eigenvalue weighted by Crippen LogP contribution is 2.40. The van der Waals surface area contributed by atoms with Gasteiger partial charge in [-0.25, -0.2) is 0 Å². The third kappa shape index (κ3) is 2.46. The van der Waals surface area contributed by atoms with Gasteiger partial charge in [-0.1, -0.05) is 35.5 Å². The van der Waals surface area contributed by atoms with Crippen molar-refractivity contribution in [2.45, 2.75) is 0 Å². The Balaban J connectivity index is 2.03. The molecule has 1 aromatic heterocycles. The van der Waals surface area contributed by atoms with Gasteiger partial charge in [0.1, 0.15) is 0 Å². The summed E-state index contributed by atoms with van der Waals surface area (Å²) < 4.78 is 15.5. The molecule has 0 saturated carbocycles. The normalized spacial score (nSPS) is 10.5. The van der Waals surface area contributed by atoms with Crippen molar-refractivity contribution in [3.05, 3.63) is 42.5 Å². The van der Waals surface area contributed by atoms with Crippen molar-refractivity contribution in [1.29, 1.82) is 0 Å². The quantitative estimate of drug-likeness (QED) is 0.797. The van der Waals surface area contributed by atoms with Gasteiger partial charge in [-0.3, -0.25) is 0 Å². The predicted octanol–water partition coefficient (Wildman–Crippen LogP) is 3.13. The number of aromatic hydroxyl groups is 1. The average Bonchev–Trinajstić information content (AvgIpc) is 3.06. The van der Waals surface area contributed by atoms with Gasteiger partial charge >= 0.3 is 0 Å². The summed E-state index contributed by atoms with van der Waals surface area (Å²) >= 11 is 0. The van der Waals surface area contributed by atoms with Gasteiger partial charge in [0.25, 0.3) is 5.89 Å².